The summed E-state index contributed by atoms with van der Waals surface area (Å²) in [4.78, 5) is 17.3. The molecule has 0 atom stereocenters. The number of nitrogens with zero attached hydrogens (tertiary/aromatic N) is 3. The van der Waals surface area contributed by atoms with Crippen LogP contribution in [-0.4, -0.2) is 16.7 Å². The number of nitrogens with one attached hydrogen (secondary N) is 1. The van der Waals surface area contributed by atoms with Gasteiger partial charge < -0.3 is 9.88 Å². The molecule has 0 unspecified atom stereocenters. The third kappa shape index (κ3) is 3.24. The Labute approximate surface area is 147 Å². The second-order valence-corrected chi connectivity index (χ2v) is 6.01. The van der Waals surface area contributed by atoms with Gasteiger partial charge in [0.2, 0.25) is 0 Å². The molecule has 5 nitrogen and oxygen atoms in total. The van der Waals surface area contributed by atoms with Gasteiger partial charge in [0, 0.05) is 24.1 Å². The van der Waals surface area contributed by atoms with Gasteiger partial charge in [-0.3, -0.25) is 9.79 Å². The fraction of sp³-hybridized carbons (Fsp3) is 0.250. The Balaban J connectivity index is 2.03. The third-order valence-corrected chi connectivity index (χ3v) is 4.26. The molecule has 1 amide bonds. The van der Waals surface area contributed by atoms with Crippen LogP contribution in [0.25, 0.3) is 0 Å². The van der Waals surface area contributed by atoms with Gasteiger partial charge in [-0.15, -0.1) is 0 Å². The van der Waals surface area contributed by atoms with Crippen molar-refractivity contribution in [2.24, 2.45) is 4.99 Å². The molecule has 1 aliphatic heterocycles. The summed E-state index contributed by atoms with van der Waals surface area (Å²) in [5.74, 6) is -0.235. The van der Waals surface area contributed by atoms with Gasteiger partial charge in [0.15, 0.2) is 0 Å². The van der Waals surface area contributed by atoms with Crippen molar-refractivity contribution in [2.45, 2.75) is 33.2 Å². The van der Waals surface area contributed by atoms with E-state index in [0.29, 0.717) is 16.9 Å². The molecular formula is C20H20N4O. The molecule has 1 aromatic carbocycles. The van der Waals surface area contributed by atoms with Gasteiger partial charge in [-0.25, -0.2) is 0 Å². The number of carbonyl (C=O) groups is 1. The summed E-state index contributed by atoms with van der Waals surface area (Å²) in [6.45, 7) is 4.63. The van der Waals surface area contributed by atoms with Gasteiger partial charge in [-0.1, -0.05) is 23.8 Å². The van der Waals surface area contributed by atoms with Gasteiger partial charge in [0.25, 0.3) is 5.91 Å². The Kier molecular flexibility index (Phi) is 4.80. The summed E-state index contributed by atoms with van der Waals surface area (Å²) >= 11 is 0. The van der Waals surface area contributed by atoms with E-state index in [1.807, 2.05) is 48.8 Å². The van der Waals surface area contributed by atoms with E-state index in [-0.39, 0.29) is 5.91 Å². The predicted octanol–water partition coefficient (Wildman–Crippen LogP) is 4.15. The second-order valence-electron chi connectivity index (χ2n) is 6.01. The van der Waals surface area contributed by atoms with Crippen LogP contribution in [-0.2, 0) is 13.0 Å². The number of aliphatic imine (C=N–C) groups is 1. The SMILES string of the molecule is CC=CC=Nc1c(C#N)c2n(c1C(=O)Nc1ccc(C)cc1)CCC2. The number of aromatic nitrogens is 1. The summed E-state index contributed by atoms with van der Waals surface area (Å²) in [5.41, 5.74) is 4.19. The molecular weight excluding hydrogens is 312 g/mol. The van der Waals surface area contributed by atoms with Crippen LogP contribution in [0.2, 0.25) is 0 Å². The van der Waals surface area contributed by atoms with Crippen LogP contribution in [0.15, 0.2) is 41.4 Å². The molecule has 1 aliphatic rings. The smallest absolute Gasteiger partial charge is 0.274 e. The zero-order valence-corrected chi connectivity index (χ0v) is 14.4. The highest BCUT2D eigenvalue weighted by molar-refractivity contribution is 6.08. The van der Waals surface area contributed by atoms with Gasteiger partial charge >= 0.3 is 0 Å². The Morgan fingerprint density at radius 2 is 2.12 bits per heavy atom. The molecule has 126 valence electrons. The summed E-state index contributed by atoms with van der Waals surface area (Å²) in [5, 5.41) is 12.5. The number of fused-ring (bicyclic) bond motifs is 1. The van der Waals surface area contributed by atoms with Crippen LogP contribution in [0, 0.1) is 18.3 Å². The molecule has 0 fully saturated rings. The molecule has 1 N–H and O–H groups in total. The van der Waals surface area contributed by atoms with Gasteiger partial charge in [0.1, 0.15) is 17.5 Å². The summed E-state index contributed by atoms with van der Waals surface area (Å²) in [6, 6.07) is 9.87. The molecule has 2 heterocycles. The molecule has 0 saturated heterocycles. The number of anilines is 1. The van der Waals surface area contributed by atoms with Crippen molar-refractivity contribution in [2.75, 3.05) is 5.32 Å². The molecule has 25 heavy (non-hydrogen) atoms. The van der Waals surface area contributed by atoms with E-state index in [4.69, 9.17) is 0 Å². The third-order valence-electron chi connectivity index (χ3n) is 4.26. The van der Waals surface area contributed by atoms with Crippen molar-refractivity contribution in [3.63, 3.8) is 0 Å². The Hall–Kier alpha value is -3.13. The Morgan fingerprint density at radius 3 is 2.80 bits per heavy atom. The molecule has 0 aliphatic carbocycles. The minimum atomic E-state index is -0.235. The maximum absolute atomic E-state index is 12.9. The van der Waals surface area contributed by atoms with Crippen LogP contribution in [0.1, 0.15) is 40.7 Å². The first-order chi connectivity index (χ1) is 12.2. The van der Waals surface area contributed by atoms with Gasteiger partial charge in [0.05, 0.1) is 5.56 Å². The molecule has 0 bridgehead atoms. The van der Waals surface area contributed by atoms with E-state index in [9.17, 15) is 10.1 Å². The Morgan fingerprint density at radius 1 is 1.36 bits per heavy atom. The van der Waals surface area contributed by atoms with Crippen LogP contribution in [0.5, 0.6) is 0 Å². The molecule has 0 spiro atoms. The van der Waals surface area contributed by atoms with Crippen molar-refractivity contribution in [1.29, 1.82) is 5.26 Å². The number of rotatable bonds is 4. The number of hydrogen-bond acceptors (Lipinski definition) is 3. The molecule has 0 radical (unpaired) electrons. The molecule has 3 rings (SSSR count). The number of aryl methyl sites for hydroxylation is 1. The first-order valence-corrected chi connectivity index (χ1v) is 8.34. The highest BCUT2D eigenvalue weighted by Crippen LogP contribution is 2.35. The minimum Gasteiger partial charge on any atom is -0.337 e. The van der Waals surface area contributed by atoms with E-state index in [0.717, 1.165) is 36.3 Å². The first-order valence-electron chi connectivity index (χ1n) is 8.34. The summed E-state index contributed by atoms with van der Waals surface area (Å²) in [7, 11) is 0. The average Bonchev–Trinajstić information content (AvgIpc) is 3.17. The van der Waals surface area contributed by atoms with Crippen molar-refractivity contribution in [3.05, 3.63) is 58.9 Å². The number of allylic oxidation sites excluding steroid dienone is 2. The lowest BCUT2D eigenvalue weighted by molar-refractivity contribution is 0.101. The van der Waals surface area contributed by atoms with Crippen molar-refractivity contribution < 1.29 is 4.79 Å². The number of hydrogen-bond donors (Lipinski definition) is 1. The lowest BCUT2D eigenvalue weighted by Gasteiger charge is -2.09. The topological polar surface area (TPSA) is 70.2 Å². The monoisotopic (exact) mass is 332 g/mol. The maximum atomic E-state index is 12.9. The van der Waals surface area contributed by atoms with Crippen LogP contribution in [0.4, 0.5) is 11.4 Å². The van der Waals surface area contributed by atoms with Crippen molar-refractivity contribution in [1.82, 2.24) is 4.57 Å². The zero-order chi connectivity index (χ0) is 17.8. The largest absolute Gasteiger partial charge is 0.337 e. The van der Waals surface area contributed by atoms with Crippen molar-refractivity contribution >= 4 is 23.5 Å². The molecule has 1 aromatic heterocycles. The lowest BCUT2D eigenvalue weighted by atomic mass is 10.1. The molecule has 2 aromatic rings. The quantitative estimate of drug-likeness (QED) is 0.855. The zero-order valence-electron chi connectivity index (χ0n) is 14.4. The maximum Gasteiger partial charge on any atom is 0.274 e. The number of benzene rings is 1. The predicted molar refractivity (Wildman–Crippen MR) is 99.6 cm³/mol. The normalized spacial score (nSPS) is 13.3. The Bertz CT molecular complexity index is 895. The highest BCUT2D eigenvalue weighted by atomic mass is 16.2. The number of nitriles is 1. The summed E-state index contributed by atoms with van der Waals surface area (Å²) < 4.78 is 1.93. The van der Waals surface area contributed by atoms with Crippen LogP contribution < -0.4 is 5.32 Å². The fourth-order valence-corrected chi connectivity index (χ4v) is 3.07. The van der Waals surface area contributed by atoms with E-state index in [1.54, 1.807) is 12.3 Å². The van der Waals surface area contributed by atoms with Crippen LogP contribution >= 0.6 is 0 Å². The molecule has 5 heteroatoms. The van der Waals surface area contributed by atoms with E-state index < -0.39 is 0 Å². The van der Waals surface area contributed by atoms with E-state index in [2.05, 4.69) is 16.4 Å². The average molecular weight is 332 g/mol. The minimum absolute atomic E-state index is 0.235. The second kappa shape index (κ2) is 7.18. The van der Waals surface area contributed by atoms with E-state index in [1.165, 1.54) is 0 Å². The molecule has 0 saturated carbocycles. The number of carbonyl (C=O) groups excluding carboxylic acids is 1. The lowest BCUT2D eigenvalue weighted by Crippen LogP contribution is -2.16. The van der Waals surface area contributed by atoms with E-state index >= 15 is 0 Å². The standard InChI is InChI=1S/C20H20N4O/c1-3-4-11-22-18-16(13-21)17-6-5-12-24(17)19(18)20(25)23-15-9-7-14(2)8-10-15/h3-4,7-11H,5-6,12H2,1-2H3,(H,23,25). The highest BCUT2D eigenvalue weighted by Gasteiger charge is 2.29. The van der Waals surface area contributed by atoms with Gasteiger partial charge in [-0.05, 0) is 44.9 Å². The summed E-state index contributed by atoms with van der Waals surface area (Å²) in [6.07, 6.45) is 6.99. The first kappa shape index (κ1) is 16.7. The van der Waals surface area contributed by atoms with Crippen molar-refractivity contribution in [3.8, 4) is 6.07 Å². The van der Waals surface area contributed by atoms with Gasteiger partial charge in [-0.2, -0.15) is 5.26 Å². The number of amides is 1. The van der Waals surface area contributed by atoms with Crippen LogP contribution in [0.3, 0.4) is 0 Å². The fourth-order valence-electron chi connectivity index (χ4n) is 3.07.